The summed E-state index contributed by atoms with van der Waals surface area (Å²) in [7, 11) is 0. The molecule has 0 aliphatic heterocycles. The van der Waals surface area contributed by atoms with Gasteiger partial charge in [0.25, 0.3) is 5.91 Å². The van der Waals surface area contributed by atoms with Crippen molar-refractivity contribution in [1.29, 1.82) is 0 Å². The molecular weight excluding hydrogens is 371 g/mol. The van der Waals surface area contributed by atoms with Crippen LogP contribution in [0.1, 0.15) is 35.7 Å². The van der Waals surface area contributed by atoms with E-state index in [1.807, 2.05) is 6.92 Å². The first kappa shape index (κ1) is 18.3. The second kappa shape index (κ2) is 8.03. The average Bonchev–Trinajstić information content (AvgIpc) is 2.42. The van der Waals surface area contributed by atoms with E-state index in [2.05, 4.69) is 21.2 Å². The van der Waals surface area contributed by atoms with Gasteiger partial charge in [-0.15, -0.1) is 11.6 Å². The van der Waals surface area contributed by atoms with Crippen molar-refractivity contribution in [3.8, 4) is 0 Å². The fourth-order valence-electron chi connectivity index (χ4n) is 1.83. The van der Waals surface area contributed by atoms with Gasteiger partial charge in [0.15, 0.2) is 0 Å². The van der Waals surface area contributed by atoms with Crippen molar-refractivity contribution in [3.63, 3.8) is 0 Å². The predicted octanol–water partition coefficient (Wildman–Crippen LogP) is 4.85. The molecule has 0 bridgehead atoms. The van der Waals surface area contributed by atoms with Crippen LogP contribution in [-0.2, 0) is 6.18 Å². The highest BCUT2D eigenvalue weighted by Crippen LogP contribution is 2.35. The highest BCUT2D eigenvalue weighted by molar-refractivity contribution is 9.10. The van der Waals surface area contributed by atoms with Crippen LogP contribution in [-0.4, -0.2) is 18.3 Å². The second-order valence-electron chi connectivity index (χ2n) is 4.65. The first-order chi connectivity index (χ1) is 9.79. The minimum Gasteiger partial charge on any atom is -0.352 e. The van der Waals surface area contributed by atoms with Gasteiger partial charge in [-0.2, -0.15) is 13.2 Å². The molecule has 1 rings (SSSR count). The molecule has 1 aromatic carbocycles. The Bertz CT molecular complexity index is 494. The Balaban J connectivity index is 2.79. The maximum Gasteiger partial charge on any atom is 0.417 e. The fraction of sp³-hybridized carbons (Fsp3) is 0.500. The predicted molar refractivity (Wildman–Crippen MR) is 80.6 cm³/mol. The highest BCUT2D eigenvalue weighted by Gasteiger charge is 2.33. The number of carbonyl (C=O) groups is 1. The Labute approximate surface area is 135 Å². The lowest BCUT2D eigenvalue weighted by atomic mass is 10.0. The Hall–Kier alpha value is -0.750. The molecule has 1 amide bonds. The van der Waals surface area contributed by atoms with Crippen LogP contribution < -0.4 is 5.32 Å². The summed E-state index contributed by atoms with van der Waals surface area (Å²) in [6, 6.07) is 3.44. The molecule has 0 aliphatic rings. The molecule has 0 saturated heterocycles. The van der Waals surface area contributed by atoms with Crippen LogP contribution in [0, 0.1) is 5.92 Å². The lowest BCUT2D eigenvalue weighted by Gasteiger charge is -2.15. The molecule has 0 saturated carbocycles. The standard InChI is InChI=1S/C14H16BrClF3NO/c1-2-9(5-6-16)8-20-13(21)10-3-4-12(15)11(7-10)14(17,18)19/h3-4,7,9H,2,5-6,8H2,1H3,(H,20,21). The van der Waals surface area contributed by atoms with Crippen molar-refractivity contribution in [2.24, 2.45) is 5.92 Å². The Morgan fingerprint density at radius 1 is 1.43 bits per heavy atom. The van der Waals surface area contributed by atoms with Crippen molar-refractivity contribution < 1.29 is 18.0 Å². The van der Waals surface area contributed by atoms with E-state index in [0.29, 0.717) is 12.4 Å². The summed E-state index contributed by atoms with van der Waals surface area (Å²) in [6.07, 6.45) is -2.90. The molecule has 7 heteroatoms. The summed E-state index contributed by atoms with van der Waals surface area (Å²) in [4.78, 5) is 11.9. The maximum absolute atomic E-state index is 12.8. The van der Waals surface area contributed by atoms with E-state index in [9.17, 15) is 18.0 Å². The van der Waals surface area contributed by atoms with Gasteiger partial charge >= 0.3 is 6.18 Å². The van der Waals surface area contributed by atoms with Gasteiger partial charge in [-0.25, -0.2) is 0 Å². The minimum absolute atomic E-state index is 0.00810. The van der Waals surface area contributed by atoms with Gasteiger partial charge in [0.05, 0.1) is 5.56 Å². The van der Waals surface area contributed by atoms with Crippen molar-refractivity contribution in [1.82, 2.24) is 5.32 Å². The molecule has 1 aromatic rings. The minimum atomic E-state index is -4.50. The van der Waals surface area contributed by atoms with Gasteiger partial charge in [0.2, 0.25) is 0 Å². The molecule has 0 radical (unpaired) electrons. The molecule has 1 atom stereocenters. The van der Waals surface area contributed by atoms with E-state index in [1.54, 1.807) is 0 Å². The van der Waals surface area contributed by atoms with E-state index < -0.39 is 17.6 Å². The zero-order valence-corrected chi connectivity index (χ0v) is 13.8. The summed E-state index contributed by atoms with van der Waals surface area (Å²) < 4.78 is 38.3. The molecule has 118 valence electrons. The molecular formula is C14H16BrClF3NO. The molecule has 1 N–H and O–H groups in total. The topological polar surface area (TPSA) is 29.1 Å². The average molecular weight is 387 g/mol. The largest absolute Gasteiger partial charge is 0.417 e. The number of alkyl halides is 4. The summed E-state index contributed by atoms with van der Waals surface area (Å²) in [5.74, 6) is 0.204. The maximum atomic E-state index is 12.8. The Morgan fingerprint density at radius 2 is 2.10 bits per heavy atom. The van der Waals surface area contributed by atoms with Gasteiger partial charge in [-0.1, -0.05) is 29.3 Å². The highest BCUT2D eigenvalue weighted by atomic mass is 79.9. The SMILES string of the molecule is CCC(CCCl)CNC(=O)c1ccc(Br)c(C(F)(F)F)c1. The molecule has 2 nitrogen and oxygen atoms in total. The number of halogens is 5. The number of rotatable bonds is 6. The second-order valence-corrected chi connectivity index (χ2v) is 5.89. The third-order valence-electron chi connectivity index (χ3n) is 3.18. The zero-order chi connectivity index (χ0) is 16.0. The van der Waals surface area contributed by atoms with Crippen molar-refractivity contribution >= 4 is 33.4 Å². The normalized spacial score (nSPS) is 13.0. The molecule has 0 fully saturated rings. The summed E-state index contributed by atoms with van der Waals surface area (Å²) in [5.41, 5.74) is -0.866. The fourth-order valence-corrected chi connectivity index (χ4v) is 2.61. The smallest absolute Gasteiger partial charge is 0.352 e. The molecule has 0 heterocycles. The van der Waals surface area contributed by atoms with E-state index in [0.717, 1.165) is 18.9 Å². The third-order valence-corrected chi connectivity index (χ3v) is 4.09. The van der Waals surface area contributed by atoms with Crippen LogP contribution in [0.5, 0.6) is 0 Å². The van der Waals surface area contributed by atoms with Crippen LogP contribution in [0.4, 0.5) is 13.2 Å². The van der Waals surface area contributed by atoms with Crippen LogP contribution in [0.25, 0.3) is 0 Å². The first-order valence-corrected chi connectivity index (χ1v) is 7.83. The molecule has 1 unspecified atom stereocenters. The van der Waals surface area contributed by atoms with Crippen LogP contribution >= 0.6 is 27.5 Å². The van der Waals surface area contributed by atoms with Gasteiger partial charge in [-0.05, 0) is 30.5 Å². The number of amides is 1. The van der Waals surface area contributed by atoms with Gasteiger partial charge in [-0.3, -0.25) is 4.79 Å². The van der Waals surface area contributed by atoms with Crippen LogP contribution in [0.15, 0.2) is 22.7 Å². The van der Waals surface area contributed by atoms with Gasteiger partial charge in [0, 0.05) is 22.5 Å². The number of hydrogen-bond donors (Lipinski definition) is 1. The molecule has 21 heavy (non-hydrogen) atoms. The molecule has 0 aliphatic carbocycles. The third kappa shape index (κ3) is 5.51. The number of benzene rings is 1. The van der Waals surface area contributed by atoms with Crippen LogP contribution in [0.2, 0.25) is 0 Å². The lowest BCUT2D eigenvalue weighted by Crippen LogP contribution is -2.29. The van der Waals surface area contributed by atoms with Crippen molar-refractivity contribution in [2.75, 3.05) is 12.4 Å². The molecule has 0 spiro atoms. The zero-order valence-electron chi connectivity index (χ0n) is 11.4. The number of nitrogens with one attached hydrogen (secondary N) is 1. The van der Waals surface area contributed by atoms with E-state index >= 15 is 0 Å². The van der Waals surface area contributed by atoms with Crippen molar-refractivity contribution in [3.05, 3.63) is 33.8 Å². The Kier molecular flexibility index (Phi) is 7.00. The van der Waals surface area contributed by atoms with Gasteiger partial charge < -0.3 is 5.32 Å². The summed E-state index contributed by atoms with van der Waals surface area (Å²) in [6.45, 7) is 2.38. The van der Waals surface area contributed by atoms with E-state index in [1.165, 1.54) is 12.1 Å². The lowest BCUT2D eigenvalue weighted by molar-refractivity contribution is -0.138. The Morgan fingerprint density at radius 3 is 2.62 bits per heavy atom. The van der Waals surface area contributed by atoms with Crippen LogP contribution in [0.3, 0.4) is 0 Å². The monoisotopic (exact) mass is 385 g/mol. The quantitative estimate of drug-likeness (QED) is 0.696. The molecule has 0 aromatic heterocycles. The number of carbonyl (C=O) groups excluding carboxylic acids is 1. The van der Waals surface area contributed by atoms with Crippen molar-refractivity contribution in [2.45, 2.75) is 25.9 Å². The first-order valence-electron chi connectivity index (χ1n) is 6.50. The van der Waals surface area contributed by atoms with E-state index in [4.69, 9.17) is 11.6 Å². The number of hydrogen-bond acceptors (Lipinski definition) is 1. The van der Waals surface area contributed by atoms with E-state index in [-0.39, 0.29) is 16.0 Å². The summed E-state index contributed by atoms with van der Waals surface area (Å²) >= 11 is 8.50. The summed E-state index contributed by atoms with van der Waals surface area (Å²) in [5, 5.41) is 2.65. The van der Waals surface area contributed by atoms with Gasteiger partial charge in [0.1, 0.15) is 0 Å².